The van der Waals surface area contributed by atoms with Gasteiger partial charge >= 0.3 is 6.18 Å². The topological polar surface area (TPSA) is 88.4 Å². The van der Waals surface area contributed by atoms with Crippen molar-refractivity contribution in [3.05, 3.63) is 88.4 Å². The minimum absolute atomic E-state index is 0.0160. The summed E-state index contributed by atoms with van der Waals surface area (Å²) < 4.78 is 40.5. The number of nitrogens with one attached hydrogen (secondary N) is 2. The van der Waals surface area contributed by atoms with E-state index < -0.39 is 11.7 Å². The highest BCUT2D eigenvalue weighted by Gasteiger charge is 2.31. The van der Waals surface area contributed by atoms with Crippen molar-refractivity contribution in [3.8, 4) is 5.69 Å². The Morgan fingerprint density at radius 1 is 1.17 bits per heavy atom. The van der Waals surface area contributed by atoms with Crippen LogP contribution in [0.3, 0.4) is 0 Å². The number of aryl methyl sites for hydroxylation is 1. The Kier molecular flexibility index (Phi) is 6.84. The first-order chi connectivity index (χ1) is 16.5. The van der Waals surface area contributed by atoms with Gasteiger partial charge in [-0.3, -0.25) is 5.21 Å². The molecule has 1 aliphatic carbocycles. The van der Waals surface area contributed by atoms with Gasteiger partial charge in [-0.15, -0.1) is 0 Å². The van der Waals surface area contributed by atoms with Gasteiger partial charge in [-0.25, -0.2) is 4.68 Å². The third-order valence-electron chi connectivity index (χ3n) is 5.88. The van der Waals surface area contributed by atoms with Gasteiger partial charge in [-0.05, 0) is 62.8 Å². The average molecular weight is 503 g/mol. The lowest BCUT2D eigenvalue weighted by Gasteiger charge is -2.24. The molecule has 3 N–H and O–H groups in total. The number of anilines is 2. The first-order valence-corrected chi connectivity index (χ1v) is 11.2. The number of nitrogens with zero attached hydrogens (tertiary/aromatic N) is 3. The molecule has 0 saturated heterocycles. The SMILES string of the molecule is Cc1nn(-c2ccccc2N([O-])O)c(C)c1[C@H]1C=C[C@@H](NC(=S)Nc2cccc(C(F)(F)F)c2)C1. The summed E-state index contributed by atoms with van der Waals surface area (Å²) in [6.45, 7) is 3.77. The maximum Gasteiger partial charge on any atom is 0.416 e. The molecule has 3 aromatic rings. The Morgan fingerprint density at radius 2 is 1.91 bits per heavy atom. The summed E-state index contributed by atoms with van der Waals surface area (Å²) in [6, 6.07) is 11.3. The third kappa shape index (κ3) is 5.31. The predicted molar refractivity (Wildman–Crippen MR) is 132 cm³/mol. The molecule has 35 heavy (non-hydrogen) atoms. The molecule has 2 aromatic carbocycles. The molecule has 2 atom stereocenters. The van der Waals surface area contributed by atoms with Crippen molar-refractivity contribution in [3.63, 3.8) is 0 Å². The minimum Gasteiger partial charge on any atom is -0.733 e. The van der Waals surface area contributed by atoms with Gasteiger partial charge in [0, 0.05) is 28.9 Å². The van der Waals surface area contributed by atoms with Crippen molar-refractivity contribution >= 4 is 28.7 Å². The fraction of sp³-hybridized carbons (Fsp3) is 0.250. The van der Waals surface area contributed by atoms with Crippen LogP contribution in [-0.2, 0) is 6.18 Å². The van der Waals surface area contributed by atoms with Crippen LogP contribution in [0.15, 0.2) is 60.7 Å². The van der Waals surface area contributed by atoms with Crippen LogP contribution in [0.25, 0.3) is 5.69 Å². The molecule has 11 heteroatoms. The van der Waals surface area contributed by atoms with Crippen LogP contribution < -0.4 is 15.9 Å². The summed E-state index contributed by atoms with van der Waals surface area (Å²) in [5, 5.41) is 31.6. The lowest BCUT2D eigenvalue weighted by atomic mass is 9.96. The molecular weight excluding hydrogens is 479 g/mol. The number of allylic oxidation sites excluding steroid dienone is 1. The fourth-order valence-corrected chi connectivity index (χ4v) is 4.63. The number of para-hydroxylation sites is 2. The number of hydrogen-bond donors (Lipinski definition) is 3. The third-order valence-corrected chi connectivity index (χ3v) is 6.10. The van der Waals surface area contributed by atoms with Crippen molar-refractivity contribution in [2.75, 3.05) is 10.5 Å². The fourth-order valence-electron chi connectivity index (χ4n) is 4.36. The lowest BCUT2D eigenvalue weighted by Crippen LogP contribution is -2.35. The standard InChI is InChI=1S/C24H23F3N5O2S/c1-14-22(15(2)31(30-14)20-8-3-4-9-21(20)32(33)34)16-10-11-19(12-16)29-23(35)28-18-7-5-6-17(13-18)24(25,26)27/h3-11,13,16,19,33H,12H2,1-2H3,(H2,28,29,35)/q-1/t16-,19+/m0/s1. The quantitative estimate of drug-likeness (QED) is 0.238. The first kappa shape index (κ1) is 24.7. The van der Waals surface area contributed by atoms with E-state index in [1.165, 1.54) is 18.2 Å². The Balaban J connectivity index is 1.45. The second-order valence-corrected chi connectivity index (χ2v) is 8.68. The van der Waals surface area contributed by atoms with Gasteiger partial charge in [-0.2, -0.15) is 18.3 Å². The van der Waals surface area contributed by atoms with Crippen LogP contribution >= 0.6 is 12.2 Å². The zero-order valence-corrected chi connectivity index (χ0v) is 19.7. The molecule has 1 aliphatic rings. The van der Waals surface area contributed by atoms with E-state index in [-0.39, 0.29) is 33.7 Å². The molecule has 1 heterocycles. The second kappa shape index (κ2) is 9.68. The number of alkyl halides is 3. The van der Waals surface area contributed by atoms with Crippen LogP contribution in [0.1, 0.15) is 34.9 Å². The number of hydrogen-bond acceptors (Lipinski definition) is 5. The van der Waals surface area contributed by atoms with Crippen LogP contribution in [0.5, 0.6) is 0 Å². The Morgan fingerprint density at radius 3 is 2.63 bits per heavy atom. The number of thiocarbonyl (C=S) groups is 1. The zero-order valence-electron chi connectivity index (χ0n) is 18.9. The summed E-state index contributed by atoms with van der Waals surface area (Å²) in [4.78, 5) is 0. The molecule has 0 spiro atoms. The van der Waals surface area contributed by atoms with Gasteiger partial charge in [-0.1, -0.05) is 30.4 Å². The van der Waals surface area contributed by atoms with Crippen molar-refractivity contribution in [1.82, 2.24) is 15.1 Å². The summed E-state index contributed by atoms with van der Waals surface area (Å²) in [5.41, 5.74) is 2.64. The van der Waals surface area contributed by atoms with Crippen LogP contribution in [-0.4, -0.2) is 26.1 Å². The van der Waals surface area contributed by atoms with Crippen LogP contribution in [0.4, 0.5) is 24.5 Å². The molecular formula is C24H23F3N5O2S-. The van der Waals surface area contributed by atoms with Crippen LogP contribution in [0.2, 0.25) is 0 Å². The van der Waals surface area contributed by atoms with E-state index in [0.29, 0.717) is 12.1 Å². The lowest BCUT2D eigenvalue weighted by molar-refractivity contribution is -0.137. The first-order valence-electron chi connectivity index (χ1n) is 10.8. The van der Waals surface area contributed by atoms with E-state index in [1.807, 2.05) is 26.0 Å². The Labute approximate surface area is 205 Å². The zero-order chi connectivity index (χ0) is 25.3. The van der Waals surface area contributed by atoms with E-state index in [9.17, 15) is 23.6 Å². The molecule has 0 fully saturated rings. The van der Waals surface area contributed by atoms with Gasteiger partial charge in [0.25, 0.3) is 0 Å². The summed E-state index contributed by atoms with van der Waals surface area (Å²) in [6.07, 6.45) is 0.219. The monoisotopic (exact) mass is 502 g/mol. The van der Waals surface area contributed by atoms with E-state index in [0.717, 1.165) is 29.1 Å². The molecule has 0 amide bonds. The number of halogens is 3. The highest BCUT2D eigenvalue weighted by atomic mass is 32.1. The summed E-state index contributed by atoms with van der Waals surface area (Å²) >= 11 is 5.31. The molecule has 184 valence electrons. The maximum atomic E-state index is 13.0. The van der Waals surface area contributed by atoms with E-state index >= 15 is 0 Å². The average Bonchev–Trinajstić information content (AvgIpc) is 3.36. The minimum atomic E-state index is -4.43. The molecule has 0 bridgehead atoms. The maximum absolute atomic E-state index is 13.0. The van der Waals surface area contributed by atoms with E-state index in [4.69, 9.17) is 12.2 Å². The number of benzene rings is 2. The van der Waals surface area contributed by atoms with Crippen molar-refractivity contribution in [1.29, 1.82) is 0 Å². The van der Waals surface area contributed by atoms with E-state index in [2.05, 4.69) is 15.7 Å². The highest BCUT2D eigenvalue weighted by molar-refractivity contribution is 7.80. The second-order valence-electron chi connectivity index (χ2n) is 8.27. The summed E-state index contributed by atoms with van der Waals surface area (Å²) in [5.74, 6) is 0.0160. The Bertz CT molecular complexity index is 1270. The van der Waals surface area contributed by atoms with Crippen molar-refractivity contribution < 1.29 is 18.4 Å². The van der Waals surface area contributed by atoms with Gasteiger partial charge in [0.1, 0.15) is 0 Å². The summed E-state index contributed by atoms with van der Waals surface area (Å²) in [7, 11) is 0. The normalized spacial score (nSPS) is 17.5. The van der Waals surface area contributed by atoms with Crippen molar-refractivity contribution in [2.24, 2.45) is 0 Å². The molecule has 7 nitrogen and oxygen atoms in total. The molecule has 0 radical (unpaired) electrons. The van der Waals surface area contributed by atoms with E-state index in [1.54, 1.807) is 22.9 Å². The Hall–Kier alpha value is -3.41. The molecule has 0 aliphatic heterocycles. The largest absolute Gasteiger partial charge is 0.733 e. The molecule has 0 saturated carbocycles. The predicted octanol–water partition coefficient (Wildman–Crippen LogP) is 5.60. The van der Waals surface area contributed by atoms with Gasteiger partial charge in [0.2, 0.25) is 0 Å². The number of rotatable bonds is 5. The van der Waals surface area contributed by atoms with Crippen molar-refractivity contribution in [2.45, 2.75) is 38.4 Å². The number of aromatic nitrogens is 2. The molecule has 4 rings (SSSR count). The van der Waals surface area contributed by atoms with Crippen LogP contribution in [0, 0.1) is 19.1 Å². The molecule has 1 aromatic heterocycles. The smallest absolute Gasteiger partial charge is 0.416 e. The van der Waals surface area contributed by atoms with Gasteiger partial charge in [0.15, 0.2) is 5.11 Å². The van der Waals surface area contributed by atoms with Gasteiger partial charge < -0.3 is 21.1 Å². The highest BCUT2D eigenvalue weighted by Crippen LogP contribution is 2.35. The molecule has 0 unspecified atom stereocenters. The van der Waals surface area contributed by atoms with Gasteiger partial charge in [0.05, 0.1) is 22.6 Å².